The molecular formula is C27H26N2O6. The molecule has 0 radical (unpaired) electrons. The second kappa shape index (κ2) is 9.58. The highest BCUT2D eigenvalue weighted by molar-refractivity contribution is 6.09. The Morgan fingerprint density at radius 1 is 0.800 bits per heavy atom. The van der Waals surface area contributed by atoms with E-state index in [1.807, 2.05) is 50.2 Å². The van der Waals surface area contributed by atoms with E-state index in [0.29, 0.717) is 54.0 Å². The van der Waals surface area contributed by atoms with Crippen LogP contribution in [0.3, 0.4) is 0 Å². The molecule has 3 aromatic rings. The van der Waals surface area contributed by atoms with Gasteiger partial charge in [0.1, 0.15) is 19.8 Å². The van der Waals surface area contributed by atoms with Crippen LogP contribution in [0.2, 0.25) is 0 Å². The Balaban J connectivity index is 1.36. The number of carbonyl (C=O) groups excluding carboxylic acids is 2. The maximum Gasteiger partial charge on any atom is 0.258 e. The van der Waals surface area contributed by atoms with Crippen molar-refractivity contribution in [1.29, 1.82) is 0 Å². The molecule has 0 aliphatic carbocycles. The average Bonchev–Trinajstić information content (AvgIpc) is 3.33. The lowest BCUT2D eigenvalue weighted by Crippen LogP contribution is -2.40. The number of nitrogens with one attached hydrogen (secondary N) is 1. The van der Waals surface area contributed by atoms with Crippen LogP contribution >= 0.6 is 0 Å². The molecule has 0 fully saturated rings. The lowest BCUT2D eigenvalue weighted by atomic mass is 10.1. The molecule has 2 amide bonds. The molecule has 2 heterocycles. The molecule has 2 aliphatic heterocycles. The van der Waals surface area contributed by atoms with Crippen molar-refractivity contribution in [1.82, 2.24) is 5.32 Å². The number of benzene rings is 3. The van der Waals surface area contributed by atoms with E-state index in [2.05, 4.69) is 5.32 Å². The van der Waals surface area contributed by atoms with E-state index < -0.39 is 0 Å². The van der Waals surface area contributed by atoms with Crippen LogP contribution in [0.25, 0.3) is 0 Å². The minimum atomic E-state index is -0.301. The van der Waals surface area contributed by atoms with Gasteiger partial charge in [0.25, 0.3) is 5.91 Å². The fraction of sp³-hybridized carbons (Fsp3) is 0.259. The zero-order chi connectivity index (χ0) is 24.4. The molecule has 8 heteroatoms. The summed E-state index contributed by atoms with van der Waals surface area (Å²) >= 11 is 0. The number of hydrogen-bond acceptors (Lipinski definition) is 6. The Morgan fingerprint density at radius 3 is 2.26 bits per heavy atom. The summed E-state index contributed by atoms with van der Waals surface area (Å²) in [6.07, 6.45) is 0. The third-order valence-electron chi connectivity index (χ3n) is 5.78. The molecule has 3 aromatic carbocycles. The predicted octanol–water partition coefficient (Wildman–Crippen LogP) is 3.77. The Morgan fingerprint density at radius 2 is 1.46 bits per heavy atom. The van der Waals surface area contributed by atoms with Crippen molar-refractivity contribution in [2.75, 3.05) is 31.5 Å². The van der Waals surface area contributed by atoms with Crippen LogP contribution in [0, 0.1) is 13.8 Å². The molecule has 180 valence electrons. The average molecular weight is 475 g/mol. The van der Waals surface area contributed by atoms with Crippen LogP contribution in [0.1, 0.15) is 27.0 Å². The Bertz CT molecular complexity index is 1270. The maximum absolute atomic E-state index is 13.6. The van der Waals surface area contributed by atoms with E-state index >= 15 is 0 Å². The molecule has 0 saturated carbocycles. The normalized spacial score (nSPS) is 13.3. The standard InChI is InChI=1S/C27H26N2O6/c1-17-9-18(2)11-21(10-17)29(27(31)20-4-6-22-25(13-20)33-8-7-32-22)15-26(30)28-14-19-3-5-23-24(12-19)35-16-34-23/h3-6,9-13H,7-8,14-16H2,1-2H3,(H,28,30). The minimum absolute atomic E-state index is 0.138. The van der Waals surface area contributed by atoms with Gasteiger partial charge < -0.3 is 24.3 Å². The van der Waals surface area contributed by atoms with Crippen molar-refractivity contribution in [3.63, 3.8) is 0 Å². The van der Waals surface area contributed by atoms with Gasteiger partial charge in [0.2, 0.25) is 12.7 Å². The lowest BCUT2D eigenvalue weighted by Gasteiger charge is -2.25. The van der Waals surface area contributed by atoms with Gasteiger partial charge in [0.05, 0.1) is 0 Å². The van der Waals surface area contributed by atoms with Crippen molar-refractivity contribution >= 4 is 17.5 Å². The molecule has 0 atom stereocenters. The van der Waals surface area contributed by atoms with Gasteiger partial charge in [0, 0.05) is 17.8 Å². The lowest BCUT2D eigenvalue weighted by molar-refractivity contribution is -0.119. The predicted molar refractivity (Wildman–Crippen MR) is 129 cm³/mol. The quantitative estimate of drug-likeness (QED) is 0.586. The second-order valence-electron chi connectivity index (χ2n) is 8.56. The summed E-state index contributed by atoms with van der Waals surface area (Å²) in [5.74, 6) is 1.88. The molecule has 0 unspecified atom stereocenters. The van der Waals surface area contributed by atoms with E-state index in [1.54, 1.807) is 18.2 Å². The molecule has 0 saturated heterocycles. The highest BCUT2D eigenvalue weighted by atomic mass is 16.7. The van der Waals surface area contributed by atoms with Crippen molar-refractivity contribution in [3.05, 3.63) is 76.9 Å². The number of aryl methyl sites for hydroxylation is 2. The highest BCUT2D eigenvalue weighted by Crippen LogP contribution is 2.33. The molecule has 0 aromatic heterocycles. The summed E-state index contributed by atoms with van der Waals surface area (Å²) in [4.78, 5) is 28.1. The summed E-state index contributed by atoms with van der Waals surface area (Å²) in [5.41, 5.74) is 3.94. The molecule has 5 rings (SSSR count). The summed E-state index contributed by atoms with van der Waals surface area (Å²) in [6.45, 7) is 5.17. The summed E-state index contributed by atoms with van der Waals surface area (Å²) in [7, 11) is 0. The molecule has 35 heavy (non-hydrogen) atoms. The van der Waals surface area contributed by atoms with Crippen LogP contribution in [0.4, 0.5) is 5.69 Å². The first-order valence-electron chi connectivity index (χ1n) is 11.4. The molecule has 1 N–H and O–H groups in total. The largest absolute Gasteiger partial charge is 0.486 e. The zero-order valence-electron chi connectivity index (χ0n) is 19.6. The molecule has 2 aliphatic rings. The van der Waals surface area contributed by atoms with Gasteiger partial charge in [-0.1, -0.05) is 12.1 Å². The molecule has 8 nitrogen and oxygen atoms in total. The fourth-order valence-corrected chi connectivity index (χ4v) is 4.17. The number of hydrogen-bond donors (Lipinski definition) is 1. The molecular weight excluding hydrogens is 448 g/mol. The Kier molecular flexibility index (Phi) is 6.18. The van der Waals surface area contributed by atoms with Gasteiger partial charge in [-0.3, -0.25) is 14.5 Å². The zero-order valence-corrected chi connectivity index (χ0v) is 19.6. The van der Waals surface area contributed by atoms with Crippen LogP contribution in [0.5, 0.6) is 23.0 Å². The van der Waals surface area contributed by atoms with Crippen molar-refractivity contribution < 1.29 is 28.5 Å². The number of ether oxygens (including phenoxy) is 4. The van der Waals surface area contributed by atoms with Crippen LogP contribution in [-0.4, -0.2) is 38.4 Å². The van der Waals surface area contributed by atoms with Crippen molar-refractivity contribution in [2.24, 2.45) is 0 Å². The van der Waals surface area contributed by atoms with E-state index in [1.165, 1.54) is 4.90 Å². The van der Waals surface area contributed by atoms with E-state index in [9.17, 15) is 9.59 Å². The minimum Gasteiger partial charge on any atom is -0.486 e. The van der Waals surface area contributed by atoms with Crippen LogP contribution in [-0.2, 0) is 11.3 Å². The SMILES string of the molecule is Cc1cc(C)cc(N(CC(=O)NCc2ccc3c(c2)OCO3)C(=O)c2ccc3c(c2)OCCO3)c1. The Hall–Kier alpha value is -4.20. The van der Waals surface area contributed by atoms with Gasteiger partial charge in [-0.2, -0.15) is 0 Å². The number of rotatable bonds is 6. The Labute approximate surface area is 203 Å². The van der Waals surface area contributed by atoms with Crippen molar-refractivity contribution in [2.45, 2.75) is 20.4 Å². The molecule has 0 bridgehead atoms. The number of fused-ring (bicyclic) bond motifs is 2. The third-order valence-corrected chi connectivity index (χ3v) is 5.78. The topological polar surface area (TPSA) is 86.3 Å². The summed E-state index contributed by atoms with van der Waals surface area (Å²) < 4.78 is 22.0. The first-order valence-corrected chi connectivity index (χ1v) is 11.4. The van der Waals surface area contributed by atoms with Gasteiger partial charge in [-0.25, -0.2) is 0 Å². The van der Waals surface area contributed by atoms with Gasteiger partial charge in [-0.05, 0) is 73.0 Å². The monoisotopic (exact) mass is 474 g/mol. The fourth-order valence-electron chi connectivity index (χ4n) is 4.17. The summed E-state index contributed by atoms with van der Waals surface area (Å²) in [6, 6.07) is 16.4. The second-order valence-corrected chi connectivity index (χ2v) is 8.56. The van der Waals surface area contributed by atoms with E-state index in [0.717, 1.165) is 16.7 Å². The summed E-state index contributed by atoms with van der Waals surface area (Å²) in [5, 5.41) is 2.90. The third kappa shape index (κ3) is 5.01. The number of nitrogens with zero attached hydrogens (tertiary/aromatic N) is 1. The first kappa shape index (κ1) is 22.6. The first-order chi connectivity index (χ1) is 17.0. The van der Waals surface area contributed by atoms with E-state index in [-0.39, 0.29) is 25.2 Å². The number of amides is 2. The van der Waals surface area contributed by atoms with Gasteiger partial charge in [-0.15, -0.1) is 0 Å². The highest BCUT2D eigenvalue weighted by Gasteiger charge is 2.24. The number of anilines is 1. The van der Waals surface area contributed by atoms with Crippen LogP contribution in [0.15, 0.2) is 54.6 Å². The maximum atomic E-state index is 13.6. The smallest absolute Gasteiger partial charge is 0.258 e. The van der Waals surface area contributed by atoms with Crippen LogP contribution < -0.4 is 29.2 Å². The van der Waals surface area contributed by atoms with E-state index in [4.69, 9.17) is 18.9 Å². The number of carbonyl (C=O) groups is 2. The van der Waals surface area contributed by atoms with Gasteiger partial charge >= 0.3 is 0 Å². The van der Waals surface area contributed by atoms with Crippen molar-refractivity contribution in [3.8, 4) is 23.0 Å². The van der Waals surface area contributed by atoms with Gasteiger partial charge in [0.15, 0.2) is 23.0 Å². The molecule has 0 spiro atoms.